The number of carbonyl (C=O) groups is 2. The molecule has 0 spiro atoms. The average Bonchev–Trinajstić information content (AvgIpc) is 3.15. The lowest BCUT2D eigenvalue weighted by Gasteiger charge is -2.40. The van der Waals surface area contributed by atoms with E-state index in [2.05, 4.69) is 14.9 Å². The Kier molecular flexibility index (Phi) is 11.2. The summed E-state index contributed by atoms with van der Waals surface area (Å²) >= 11 is 0. The topological polar surface area (TPSA) is 144 Å². The van der Waals surface area contributed by atoms with Crippen LogP contribution in [0, 0.1) is 0 Å². The van der Waals surface area contributed by atoms with E-state index < -0.39 is 16.1 Å². The molecule has 4 atom stereocenters. The lowest BCUT2D eigenvalue weighted by atomic mass is 9.96. The minimum atomic E-state index is -3.25. The number of aliphatic hydroxyl groups is 1. The largest absolute Gasteiger partial charge is 0.390 e. The van der Waals surface area contributed by atoms with Gasteiger partial charge in [-0.3, -0.25) is 19.3 Å². The van der Waals surface area contributed by atoms with Gasteiger partial charge in [-0.2, -0.15) is 0 Å². The number of carbonyl (C=O) groups excluding carboxylic acids is 2. The molecule has 2 aromatic rings. The van der Waals surface area contributed by atoms with E-state index in [0.29, 0.717) is 26.2 Å². The number of hydrogen-bond donors (Lipinski definition) is 3. The number of rotatable bonds is 14. The Labute approximate surface area is 260 Å². The molecule has 2 saturated heterocycles. The number of aliphatic hydroxyl groups excluding tert-OH is 1. The van der Waals surface area contributed by atoms with Gasteiger partial charge in [-0.1, -0.05) is 18.2 Å². The first kappa shape index (κ1) is 34.0. The summed E-state index contributed by atoms with van der Waals surface area (Å²) in [5.41, 5.74) is 0.682. The molecule has 244 valence electrons. The van der Waals surface area contributed by atoms with Gasteiger partial charge in [-0.25, -0.2) is 13.1 Å². The van der Waals surface area contributed by atoms with Crippen molar-refractivity contribution in [3.05, 3.63) is 46.2 Å². The van der Waals surface area contributed by atoms with Crippen molar-refractivity contribution in [3.8, 4) is 0 Å². The molecular formula is C31H48N6O6S. The van der Waals surface area contributed by atoms with Crippen LogP contribution in [0.2, 0.25) is 0 Å². The standard InChI is InChI=1S/C31H48N6O6S/c1-21(2)37-29-9-7-6-8-23(29)16-28(31(37)41)30(40)33-24-17-25-10-11-26(18-24)36(25)20-27(39)19-35(22(3)38)15-14-34(4)13-12-32-44(5,42)43/h6-9,16,21,24-27,32,39H,10-15,17-20H2,1-5H3,(H,33,40)/t24?,25-,26+,27?. The molecule has 3 N–H and O–H groups in total. The van der Waals surface area contributed by atoms with E-state index in [1.54, 1.807) is 15.5 Å². The van der Waals surface area contributed by atoms with Crippen molar-refractivity contribution < 1.29 is 23.1 Å². The van der Waals surface area contributed by atoms with E-state index in [0.717, 1.165) is 42.8 Å². The summed E-state index contributed by atoms with van der Waals surface area (Å²) in [5, 5.41) is 15.0. The van der Waals surface area contributed by atoms with E-state index in [4.69, 9.17) is 0 Å². The van der Waals surface area contributed by atoms with Crippen LogP contribution < -0.4 is 15.6 Å². The highest BCUT2D eigenvalue weighted by atomic mass is 32.2. The highest BCUT2D eigenvalue weighted by Gasteiger charge is 2.42. The highest BCUT2D eigenvalue weighted by Crippen LogP contribution is 2.36. The molecule has 2 aliphatic heterocycles. The van der Waals surface area contributed by atoms with E-state index >= 15 is 0 Å². The van der Waals surface area contributed by atoms with Gasteiger partial charge in [0.15, 0.2) is 0 Å². The Morgan fingerprint density at radius 1 is 1.09 bits per heavy atom. The molecule has 2 fully saturated rings. The minimum Gasteiger partial charge on any atom is -0.390 e. The van der Waals surface area contributed by atoms with Crippen molar-refractivity contribution in [1.29, 1.82) is 0 Å². The van der Waals surface area contributed by atoms with Crippen LogP contribution >= 0.6 is 0 Å². The lowest BCUT2D eigenvalue weighted by molar-refractivity contribution is -0.130. The van der Waals surface area contributed by atoms with E-state index in [1.807, 2.05) is 50.1 Å². The van der Waals surface area contributed by atoms with Crippen molar-refractivity contribution in [3.63, 3.8) is 0 Å². The van der Waals surface area contributed by atoms with Crippen LogP contribution in [-0.2, 0) is 14.8 Å². The van der Waals surface area contributed by atoms with E-state index in [9.17, 15) is 27.9 Å². The number of aromatic nitrogens is 1. The molecule has 2 bridgehead atoms. The van der Waals surface area contributed by atoms with Crippen molar-refractivity contribution >= 4 is 32.7 Å². The quantitative estimate of drug-likeness (QED) is 0.280. The molecule has 0 radical (unpaired) electrons. The van der Waals surface area contributed by atoms with Crippen LogP contribution in [0.25, 0.3) is 10.9 Å². The first-order chi connectivity index (χ1) is 20.7. The normalized spacial score (nSPS) is 21.2. The Morgan fingerprint density at radius 2 is 1.75 bits per heavy atom. The Bertz CT molecular complexity index is 1480. The number of pyridine rings is 1. The van der Waals surface area contributed by atoms with Crippen LogP contribution in [0.3, 0.4) is 0 Å². The molecule has 4 rings (SSSR count). The number of fused-ring (bicyclic) bond motifs is 3. The number of benzene rings is 1. The Balaban J connectivity index is 1.31. The third kappa shape index (κ3) is 8.66. The summed E-state index contributed by atoms with van der Waals surface area (Å²) in [5.74, 6) is -0.469. The molecule has 1 aromatic heterocycles. The smallest absolute Gasteiger partial charge is 0.264 e. The molecule has 0 saturated carbocycles. The summed E-state index contributed by atoms with van der Waals surface area (Å²) < 4.78 is 26.7. The second-order valence-electron chi connectivity index (χ2n) is 12.7. The number of nitrogens with one attached hydrogen (secondary N) is 2. The molecule has 12 nitrogen and oxygen atoms in total. The molecule has 1 aromatic carbocycles. The summed E-state index contributed by atoms with van der Waals surface area (Å²) in [6, 6.07) is 9.56. The van der Waals surface area contributed by atoms with Gasteiger partial charge in [-0.15, -0.1) is 0 Å². The average molecular weight is 633 g/mol. The maximum atomic E-state index is 13.4. The predicted molar refractivity (Wildman–Crippen MR) is 171 cm³/mol. The fraction of sp³-hybridized carbons (Fsp3) is 0.645. The van der Waals surface area contributed by atoms with Gasteiger partial charge in [0.2, 0.25) is 15.9 Å². The zero-order valence-corrected chi connectivity index (χ0v) is 27.3. The third-order valence-electron chi connectivity index (χ3n) is 8.83. The summed E-state index contributed by atoms with van der Waals surface area (Å²) in [6.07, 6.45) is 3.82. The van der Waals surface area contributed by atoms with Gasteiger partial charge >= 0.3 is 0 Å². The molecular weight excluding hydrogens is 584 g/mol. The third-order valence-corrected chi connectivity index (χ3v) is 9.56. The molecule has 2 unspecified atom stereocenters. The van der Waals surface area contributed by atoms with Crippen LogP contribution in [0.15, 0.2) is 35.1 Å². The number of likely N-dealkylation sites (N-methyl/N-ethyl adjacent to an activating group) is 1. The zero-order chi connectivity index (χ0) is 32.2. The van der Waals surface area contributed by atoms with Crippen molar-refractivity contribution in [1.82, 2.24) is 29.3 Å². The van der Waals surface area contributed by atoms with Crippen LogP contribution in [0.4, 0.5) is 0 Å². The second kappa shape index (κ2) is 14.5. The van der Waals surface area contributed by atoms with Crippen LogP contribution in [-0.4, -0.2) is 121 Å². The SMILES string of the molecule is CC(=O)N(CCN(C)CCNS(C)(=O)=O)CC(O)CN1[C@@H]2CC[C@H]1CC(NC(=O)c1cc3ccccc3n(C(C)C)c1=O)C2. The van der Waals surface area contributed by atoms with Gasteiger partial charge < -0.3 is 24.8 Å². The highest BCUT2D eigenvalue weighted by molar-refractivity contribution is 7.88. The summed E-state index contributed by atoms with van der Waals surface area (Å²) in [7, 11) is -1.39. The number of hydrogen-bond acceptors (Lipinski definition) is 8. The monoisotopic (exact) mass is 632 g/mol. The van der Waals surface area contributed by atoms with Crippen LogP contribution in [0.1, 0.15) is 62.9 Å². The molecule has 3 heterocycles. The number of sulfonamides is 1. The van der Waals surface area contributed by atoms with Crippen molar-refractivity contribution in [2.75, 3.05) is 52.6 Å². The number of para-hydroxylation sites is 1. The first-order valence-electron chi connectivity index (χ1n) is 15.5. The van der Waals surface area contributed by atoms with Gasteiger partial charge in [0.25, 0.3) is 11.5 Å². The van der Waals surface area contributed by atoms with E-state index in [-0.39, 0.29) is 60.2 Å². The lowest BCUT2D eigenvalue weighted by Crippen LogP contribution is -2.54. The van der Waals surface area contributed by atoms with Crippen molar-refractivity contribution in [2.24, 2.45) is 0 Å². The van der Waals surface area contributed by atoms with Gasteiger partial charge in [0.1, 0.15) is 5.56 Å². The number of nitrogens with zero attached hydrogens (tertiary/aromatic N) is 4. The molecule has 13 heteroatoms. The number of amides is 2. The predicted octanol–water partition coefficient (Wildman–Crippen LogP) is 0.998. The fourth-order valence-electron chi connectivity index (χ4n) is 6.67. The molecule has 2 amide bonds. The Hall–Kier alpha value is -2.84. The van der Waals surface area contributed by atoms with Crippen LogP contribution in [0.5, 0.6) is 0 Å². The second-order valence-corrected chi connectivity index (χ2v) is 14.5. The van der Waals surface area contributed by atoms with Gasteiger partial charge in [-0.05, 0) is 64.1 Å². The molecule has 2 aliphatic rings. The first-order valence-corrected chi connectivity index (χ1v) is 17.4. The van der Waals surface area contributed by atoms with Gasteiger partial charge in [0, 0.05) is 70.4 Å². The minimum absolute atomic E-state index is 0.0618. The Morgan fingerprint density at radius 3 is 2.36 bits per heavy atom. The number of piperidine rings is 1. The van der Waals surface area contributed by atoms with Crippen molar-refractivity contribution in [2.45, 2.75) is 76.7 Å². The zero-order valence-electron chi connectivity index (χ0n) is 26.5. The van der Waals surface area contributed by atoms with E-state index in [1.165, 1.54) is 6.92 Å². The summed E-state index contributed by atoms with van der Waals surface area (Å²) in [6.45, 7) is 7.79. The van der Waals surface area contributed by atoms with Gasteiger partial charge in [0.05, 0.1) is 17.9 Å². The maximum Gasteiger partial charge on any atom is 0.264 e. The molecule has 44 heavy (non-hydrogen) atoms. The summed E-state index contributed by atoms with van der Waals surface area (Å²) in [4.78, 5) is 44.9. The maximum absolute atomic E-state index is 13.4. The fourth-order valence-corrected chi connectivity index (χ4v) is 7.13. The molecule has 0 aliphatic carbocycles.